The number of hydrogen-bond acceptors (Lipinski definition) is 2. The molecule has 1 aromatic carbocycles. The number of fused-ring (bicyclic) bond motifs is 3. The minimum atomic E-state index is 0.769. The van der Waals surface area contributed by atoms with Gasteiger partial charge in [0.25, 0.3) is 0 Å². The van der Waals surface area contributed by atoms with Gasteiger partial charge in [-0.2, -0.15) is 0 Å². The number of rotatable bonds is 3. The predicted molar refractivity (Wildman–Crippen MR) is 69.2 cm³/mol. The molecule has 1 aliphatic rings. The zero-order valence-electron chi connectivity index (χ0n) is 10.2. The molecule has 0 spiro atoms. The van der Waals surface area contributed by atoms with Gasteiger partial charge in [0.05, 0.1) is 6.61 Å². The summed E-state index contributed by atoms with van der Waals surface area (Å²) in [5.74, 6) is 0. The molecule has 17 heavy (non-hydrogen) atoms. The van der Waals surface area contributed by atoms with Crippen LogP contribution in [0.2, 0.25) is 0 Å². The van der Waals surface area contributed by atoms with E-state index in [1.807, 2.05) is 0 Å². The molecule has 0 unspecified atom stereocenters. The highest BCUT2D eigenvalue weighted by Crippen LogP contribution is 2.28. The minimum Gasteiger partial charge on any atom is -0.383 e. The summed E-state index contributed by atoms with van der Waals surface area (Å²) in [7, 11) is 1.76. The van der Waals surface area contributed by atoms with E-state index in [1.54, 1.807) is 7.11 Å². The summed E-state index contributed by atoms with van der Waals surface area (Å²) in [5, 5.41) is 4.87. The van der Waals surface area contributed by atoms with Crippen LogP contribution in [-0.4, -0.2) is 24.8 Å². The zero-order valence-corrected chi connectivity index (χ0v) is 10.2. The Morgan fingerprint density at radius 3 is 3.12 bits per heavy atom. The number of nitrogens with one attached hydrogen (secondary N) is 1. The molecule has 1 aromatic heterocycles. The number of hydrogen-bond donors (Lipinski definition) is 1. The molecule has 0 saturated carbocycles. The van der Waals surface area contributed by atoms with Gasteiger partial charge in [0.15, 0.2) is 0 Å². The Kier molecular flexibility index (Phi) is 2.87. The van der Waals surface area contributed by atoms with Crippen molar-refractivity contribution in [2.75, 3.05) is 20.3 Å². The molecule has 1 aliphatic heterocycles. The van der Waals surface area contributed by atoms with Crippen LogP contribution in [0.25, 0.3) is 10.9 Å². The Morgan fingerprint density at radius 2 is 2.24 bits per heavy atom. The standard InChI is InChI=1S/C14H18N2O/c1-17-9-8-16-13-5-3-2-4-11(13)12-6-7-15-10-14(12)16/h2-5,15H,6-10H2,1H3. The second-order valence-electron chi connectivity index (χ2n) is 4.51. The second kappa shape index (κ2) is 4.51. The Hall–Kier alpha value is -1.32. The number of nitrogens with zero attached hydrogens (tertiary/aromatic N) is 1. The highest BCUT2D eigenvalue weighted by Gasteiger charge is 2.18. The van der Waals surface area contributed by atoms with E-state index in [1.165, 1.54) is 22.2 Å². The van der Waals surface area contributed by atoms with Crippen LogP contribution in [0.3, 0.4) is 0 Å². The molecule has 0 bridgehead atoms. The van der Waals surface area contributed by atoms with Crippen molar-refractivity contribution in [3.8, 4) is 0 Å². The Bertz CT molecular complexity index is 530. The van der Waals surface area contributed by atoms with Crippen LogP contribution in [0.1, 0.15) is 11.3 Å². The largest absolute Gasteiger partial charge is 0.383 e. The quantitative estimate of drug-likeness (QED) is 0.872. The van der Waals surface area contributed by atoms with Crippen LogP contribution in [0, 0.1) is 0 Å². The third kappa shape index (κ3) is 1.75. The van der Waals surface area contributed by atoms with E-state index in [-0.39, 0.29) is 0 Å². The molecular weight excluding hydrogens is 212 g/mol. The third-order valence-corrected chi connectivity index (χ3v) is 3.56. The van der Waals surface area contributed by atoms with Crippen molar-refractivity contribution >= 4 is 10.9 Å². The number of methoxy groups -OCH3 is 1. The molecule has 0 aliphatic carbocycles. The molecule has 0 saturated heterocycles. The van der Waals surface area contributed by atoms with E-state index in [0.717, 1.165) is 32.7 Å². The van der Waals surface area contributed by atoms with Gasteiger partial charge in [0.2, 0.25) is 0 Å². The molecule has 0 amide bonds. The van der Waals surface area contributed by atoms with Crippen molar-refractivity contribution < 1.29 is 4.74 Å². The SMILES string of the molecule is COCCn1c2c(c3ccccc31)CCNC2. The summed E-state index contributed by atoms with van der Waals surface area (Å²) in [5.41, 5.74) is 4.31. The first-order chi connectivity index (χ1) is 8.42. The van der Waals surface area contributed by atoms with Crippen molar-refractivity contribution in [2.45, 2.75) is 19.5 Å². The predicted octanol–water partition coefficient (Wildman–Crippen LogP) is 1.93. The molecule has 1 N–H and O–H groups in total. The fourth-order valence-corrected chi connectivity index (χ4v) is 2.77. The summed E-state index contributed by atoms with van der Waals surface area (Å²) in [6, 6.07) is 8.70. The van der Waals surface area contributed by atoms with Crippen LogP contribution >= 0.6 is 0 Å². The fourth-order valence-electron chi connectivity index (χ4n) is 2.77. The van der Waals surface area contributed by atoms with E-state index >= 15 is 0 Å². The first kappa shape index (κ1) is 10.8. The van der Waals surface area contributed by atoms with E-state index in [2.05, 4.69) is 34.1 Å². The van der Waals surface area contributed by atoms with Crippen LogP contribution in [0.15, 0.2) is 24.3 Å². The van der Waals surface area contributed by atoms with Gasteiger partial charge < -0.3 is 14.6 Å². The Morgan fingerprint density at radius 1 is 1.35 bits per heavy atom. The molecular formula is C14H18N2O. The van der Waals surface area contributed by atoms with Crippen molar-refractivity contribution in [2.24, 2.45) is 0 Å². The first-order valence-electron chi connectivity index (χ1n) is 6.20. The van der Waals surface area contributed by atoms with Crippen LogP contribution < -0.4 is 5.32 Å². The molecule has 0 radical (unpaired) electrons. The van der Waals surface area contributed by atoms with E-state index < -0.39 is 0 Å². The molecule has 0 fully saturated rings. The summed E-state index contributed by atoms with van der Waals surface area (Å²) in [6.45, 7) is 3.78. The summed E-state index contributed by atoms with van der Waals surface area (Å²) in [4.78, 5) is 0. The first-order valence-corrected chi connectivity index (χ1v) is 6.20. The van der Waals surface area contributed by atoms with Gasteiger partial charge in [-0.15, -0.1) is 0 Å². The molecule has 2 heterocycles. The maximum absolute atomic E-state index is 5.21. The summed E-state index contributed by atoms with van der Waals surface area (Å²) < 4.78 is 7.62. The maximum atomic E-state index is 5.21. The zero-order chi connectivity index (χ0) is 11.7. The average molecular weight is 230 g/mol. The monoisotopic (exact) mass is 230 g/mol. The van der Waals surface area contributed by atoms with Crippen LogP contribution in [0.4, 0.5) is 0 Å². The minimum absolute atomic E-state index is 0.769. The lowest BCUT2D eigenvalue weighted by Crippen LogP contribution is -2.25. The van der Waals surface area contributed by atoms with Gasteiger partial charge in [-0.1, -0.05) is 18.2 Å². The van der Waals surface area contributed by atoms with Gasteiger partial charge in [-0.05, 0) is 24.6 Å². The van der Waals surface area contributed by atoms with Crippen LogP contribution in [-0.2, 0) is 24.2 Å². The van der Waals surface area contributed by atoms with Crippen LogP contribution in [0.5, 0.6) is 0 Å². The van der Waals surface area contributed by atoms with Crippen molar-refractivity contribution in [1.29, 1.82) is 0 Å². The molecule has 3 nitrogen and oxygen atoms in total. The van der Waals surface area contributed by atoms with Gasteiger partial charge in [0, 0.05) is 36.8 Å². The van der Waals surface area contributed by atoms with Crippen molar-refractivity contribution in [3.63, 3.8) is 0 Å². The van der Waals surface area contributed by atoms with E-state index in [0.29, 0.717) is 0 Å². The van der Waals surface area contributed by atoms with Crippen molar-refractivity contribution in [3.05, 3.63) is 35.5 Å². The van der Waals surface area contributed by atoms with Crippen molar-refractivity contribution in [1.82, 2.24) is 9.88 Å². The highest BCUT2D eigenvalue weighted by molar-refractivity contribution is 5.85. The molecule has 3 rings (SSSR count). The normalized spacial score (nSPS) is 15.1. The smallest absolute Gasteiger partial charge is 0.0642 e. The molecule has 2 aromatic rings. The van der Waals surface area contributed by atoms with Gasteiger partial charge in [-0.3, -0.25) is 0 Å². The fraction of sp³-hybridized carbons (Fsp3) is 0.429. The van der Waals surface area contributed by atoms with Gasteiger partial charge >= 0.3 is 0 Å². The van der Waals surface area contributed by atoms with E-state index in [9.17, 15) is 0 Å². The summed E-state index contributed by atoms with van der Waals surface area (Å²) in [6.07, 6.45) is 1.13. The Labute approximate surface area is 101 Å². The topological polar surface area (TPSA) is 26.2 Å². The number of benzene rings is 1. The highest BCUT2D eigenvalue weighted by atomic mass is 16.5. The molecule has 0 atom stereocenters. The third-order valence-electron chi connectivity index (χ3n) is 3.56. The lowest BCUT2D eigenvalue weighted by Gasteiger charge is -2.17. The molecule has 90 valence electrons. The number of aromatic nitrogens is 1. The number of ether oxygens (including phenoxy) is 1. The lowest BCUT2D eigenvalue weighted by atomic mass is 10.1. The summed E-state index contributed by atoms with van der Waals surface area (Å²) >= 11 is 0. The van der Waals surface area contributed by atoms with Gasteiger partial charge in [0.1, 0.15) is 0 Å². The maximum Gasteiger partial charge on any atom is 0.0642 e. The second-order valence-corrected chi connectivity index (χ2v) is 4.51. The average Bonchev–Trinajstić information content (AvgIpc) is 2.71. The van der Waals surface area contributed by atoms with E-state index in [4.69, 9.17) is 4.74 Å². The lowest BCUT2D eigenvalue weighted by molar-refractivity contribution is 0.187. The van der Waals surface area contributed by atoms with Gasteiger partial charge in [-0.25, -0.2) is 0 Å². The molecule has 3 heteroatoms. The Balaban J connectivity index is 2.17. The number of para-hydroxylation sites is 1.